The first-order valence-electron chi connectivity index (χ1n) is 5.92. The van der Waals surface area contributed by atoms with E-state index in [9.17, 15) is 4.79 Å². The molecule has 0 spiro atoms. The normalized spacial score (nSPS) is 10.3. The smallest absolute Gasteiger partial charge is 0.356 e. The van der Waals surface area contributed by atoms with Crippen LogP contribution in [0.2, 0.25) is 0 Å². The van der Waals surface area contributed by atoms with Gasteiger partial charge in [0.25, 0.3) is 0 Å². The number of aromatic carboxylic acids is 1. The molecular weight excluding hydrogens is 254 g/mol. The van der Waals surface area contributed by atoms with Crippen molar-refractivity contribution in [3.05, 3.63) is 59.9 Å². The second-order valence-corrected chi connectivity index (χ2v) is 4.24. The molecule has 0 fully saturated rings. The van der Waals surface area contributed by atoms with Crippen LogP contribution in [0.4, 0.5) is 0 Å². The van der Waals surface area contributed by atoms with Crippen molar-refractivity contribution in [3.8, 4) is 11.8 Å². The van der Waals surface area contributed by atoms with Gasteiger partial charge in [0, 0.05) is 17.0 Å². The van der Waals surface area contributed by atoms with Gasteiger partial charge in [-0.25, -0.2) is 9.48 Å². The summed E-state index contributed by atoms with van der Waals surface area (Å²) in [6, 6.07) is 14.5. The van der Waals surface area contributed by atoms with E-state index in [1.807, 2.05) is 24.3 Å². The number of rotatable bonds is 2. The van der Waals surface area contributed by atoms with E-state index in [1.54, 1.807) is 18.3 Å². The third-order valence-corrected chi connectivity index (χ3v) is 3.08. The Bertz CT molecular complexity index is 859. The molecule has 1 heterocycles. The van der Waals surface area contributed by atoms with E-state index < -0.39 is 5.97 Å². The molecule has 3 aromatic rings. The van der Waals surface area contributed by atoms with Gasteiger partial charge in [-0.05, 0) is 18.2 Å². The Balaban J connectivity index is 2.26. The Morgan fingerprint density at radius 3 is 2.55 bits per heavy atom. The molecule has 2 aromatic carbocycles. The summed E-state index contributed by atoms with van der Waals surface area (Å²) in [5.41, 5.74) is 1.31. The maximum Gasteiger partial charge on any atom is 0.356 e. The average molecular weight is 263 g/mol. The summed E-state index contributed by atoms with van der Waals surface area (Å²) in [6.07, 6.45) is 1.59. The molecule has 3 rings (SSSR count). The first-order chi connectivity index (χ1) is 9.70. The summed E-state index contributed by atoms with van der Waals surface area (Å²) in [6.45, 7) is 0. The minimum absolute atomic E-state index is 0.0153. The van der Waals surface area contributed by atoms with Crippen molar-refractivity contribution in [1.29, 1.82) is 5.26 Å². The van der Waals surface area contributed by atoms with Crippen LogP contribution in [0.1, 0.15) is 16.1 Å². The van der Waals surface area contributed by atoms with E-state index in [0.29, 0.717) is 5.56 Å². The first-order valence-corrected chi connectivity index (χ1v) is 5.92. The highest BCUT2D eigenvalue weighted by atomic mass is 16.4. The fourth-order valence-corrected chi connectivity index (χ4v) is 2.15. The van der Waals surface area contributed by atoms with Gasteiger partial charge in [0.05, 0.1) is 17.3 Å². The highest BCUT2D eigenvalue weighted by Gasteiger charge is 2.11. The summed E-state index contributed by atoms with van der Waals surface area (Å²) in [5, 5.41) is 23.7. The van der Waals surface area contributed by atoms with Crippen molar-refractivity contribution in [1.82, 2.24) is 9.78 Å². The molecular formula is C15H9N3O2. The molecule has 1 N–H and O–H groups in total. The molecule has 0 saturated carbocycles. The Morgan fingerprint density at radius 1 is 1.15 bits per heavy atom. The van der Waals surface area contributed by atoms with E-state index in [2.05, 4.69) is 11.2 Å². The van der Waals surface area contributed by atoms with Gasteiger partial charge >= 0.3 is 5.97 Å². The minimum Gasteiger partial charge on any atom is -0.476 e. The zero-order valence-corrected chi connectivity index (χ0v) is 10.3. The Labute approximate surface area is 114 Å². The zero-order chi connectivity index (χ0) is 14.1. The fraction of sp³-hybridized carbons (Fsp3) is 0. The van der Waals surface area contributed by atoms with E-state index in [4.69, 9.17) is 10.4 Å². The second kappa shape index (κ2) is 4.52. The summed E-state index contributed by atoms with van der Waals surface area (Å²) in [4.78, 5) is 10.9. The third-order valence-electron chi connectivity index (χ3n) is 3.08. The lowest BCUT2D eigenvalue weighted by atomic mass is 10.0. The van der Waals surface area contributed by atoms with Crippen LogP contribution in [0.3, 0.4) is 0 Å². The maximum atomic E-state index is 10.9. The molecule has 0 aliphatic rings. The van der Waals surface area contributed by atoms with Crippen LogP contribution in [-0.2, 0) is 0 Å². The number of benzene rings is 2. The van der Waals surface area contributed by atoms with Crippen molar-refractivity contribution in [3.63, 3.8) is 0 Å². The van der Waals surface area contributed by atoms with Gasteiger partial charge in [-0.3, -0.25) is 0 Å². The van der Waals surface area contributed by atoms with Crippen LogP contribution in [0.5, 0.6) is 0 Å². The summed E-state index contributed by atoms with van der Waals surface area (Å²) in [7, 11) is 0. The number of hydrogen-bond acceptors (Lipinski definition) is 3. The van der Waals surface area contributed by atoms with Gasteiger partial charge in [-0.15, -0.1) is 0 Å². The van der Waals surface area contributed by atoms with E-state index in [0.717, 1.165) is 16.5 Å². The van der Waals surface area contributed by atoms with E-state index >= 15 is 0 Å². The van der Waals surface area contributed by atoms with Crippen LogP contribution >= 0.6 is 0 Å². The molecule has 0 bridgehead atoms. The SMILES string of the molecule is N#Cc1ccc(-n2ccc(C(=O)O)n2)c2ccccc12. The maximum absolute atomic E-state index is 10.9. The van der Waals surface area contributed by atoms with Crippen LogP contribution in [0.25, 0.3) is 16.5 Å². The monoisotopic (exact) mass is 263 g/mol. The molecule has 20 heavy (non-hydrogen) atoms. The number of carbonyl (C=O) groups is 1. The van der Waals surface area contributed by atoms with Crippen molar-refractivity contribution in [2.24, 2.45) is 0 Å². The van der Waals surface area contributed by atoms with Gasteiger partial charge < -0.3 is 5.11 Å². The second-order valence-electron chi connectivity index (χ2n) is 4.24. The molecule has 5 heteroatoms. The lowest BCUT2D eigenvalue weighted by molar-refractivity contribution is 0.0690. The standard InChI is InChI=1S/C15H9N3O2/c16-9-10-5-6-14(12-4-2-1-3-11(10)12)18-8-7-13(17-18)15(19)20/h1-8H,(H,19,20). The van der Waals surface area contributed by atoms with Crippen LogP contribution in [0, 0.1) is 11.3 Å². The number of nitriles is 1. The van der Waals surface area contributed by atoms with Crippen molar-refractivity contribution in [2.45, 2.75) is 0 Å². The molecule has 0 saturated heterocycles. The van der Waals surface area contributed by atoms with Gasteiger partial charge in [-0.2, -0.15) is 10.4 Å². The van der Waals surface area contributed by atoms with Gasteiger partial charge in [-0.1, -0.05) is 24.3 Å². The molecule has 0 amide bonds. The number of hydrogen-bond donors (Lipinski definition) is 1. The molecule has 0 unspecified atom stereocenters. The number of nitrogens with zero attached hydrogens (tertiary/aromatic N) is 3. The van der Waals surface area contributed by atoms with Crippen LogP contribution in [-0.4, -0.2) is 20.9 Å². The topological polar surface area (TPSA) is 78.9 Å². The predicted molar refractivity (Wildman–Crippen MR) is 72.7 cm³/mol. The molecule has 0 aliphatic carbocycles. The molecule has 0 aliphatic heterocycles. The number of aromatic nitrogens is 2. The molecule has 96 valence electrons. The van der Waals surface area contributed by atoms with E-state index in [-0.39, 0.29) is 5.69 Å². The van der Waals surface area contributed by atoms with Crippen LogP contribution in [0.15, 0.2) is 48.7 Å². The van der Waals surface area contributed by atoms with Gasteiger partial charge in [0.2, 0.25) is 0 Å². The molecule has 0 radical (unpaired) electrons. The average Bonchev–Trinajstić information content (AvgIpc) is 2.96. The predicted octanol–water partition coefficient (Wildman–Crippen LogP) is 2.60. The lowest BCUT2D eigenvalue weighted by Crippen LogP contribution is -2.01. The molecule has 5 nitrogen and oxygen atoms in total. The van der Waals surface area contributed by atoms with Crippen LogP contribution < -0.4 is 0 Å². The Hall–Kier alpha value is -3.13. The van der Waals surface area contributed by atoms with Crippen molar-refractivity contribution >= 4 is 16.7 Å². The highest BCUT2D eigenvalue weighted by Crippen LogP contribution is 2.25. The Kier molecular flexibility index (Phi) is 2.70. The zero-order valence-electron chi connectivity index (χ0n) is 10.3. The van der Waals surface area contributed by atoms with Crippen molar-refractivity contribution < 1.29 is 9.90 Å². The summed E-state index contributed by atoms with van der Waals surface area (Å²) < 4.78 is 1.51. The number of carboxylic acid groups (broad SMARTS) is 1. The van der Waals surface area contributed by atoms with Gasteiger partial charge in [0.1, 0.15) is 0 Å². The number of carboxylic acids is 1. The quantitative estimate of drug-likeness (QED) is 0.770. The van der Waals surface area contributed by atoms with Gasteiger partial charge in [0.15, 0.2) is 5.69 Å². The van der Waals surface area contributed by atoms with Crippen molar-refractivity contribution in [2.75, 3.05) is 0 Å². The lowest BCUT2D eigenvalue weighted by Gasteiger charge is -2.07. The largest absolute Gasteiger partial charge is 0.476 e. The third kappa shape index (κ3) is 1.80. The summed E-state index contributed by atoms with van der Waals surface area (Å²) >= 11 is 0. The van der Waals surface area contributed by atoms with E-state index in [1.165, 1.54) is 10.7 Å². The molecule has 0 atom stereocenters. The molecule has 1 aromatic heterocycles. The minimum atomic E-state index is -1.07. The first kappa shape index (κ1) is 11.9. The highest BCUT2D eigenvalue weighted by molar-refractivity contribution is 5.94. The summed E-state index contributed by atoms with van der Waals surface area (Å²) in [5.74, 6) is -1.07. The fourth-order valence-electron chi connectivity index (χ4n) is 2.15. The number of fused-ring (bicyclic) bond motifs is 1. The Morgan fingerprint density at radius 2 is 1.90 bits per heavy atom.